The van der Waals surface area contributed by atoms with E-state index in [0.29, 0.717) is 0 Å². The van der Waals surface area contributed by atoms with Crippen LogP contribution in [0, 0.1) is 0 Å². The molecule has 0 N–H and O–H groups in total. The zero-order valence-corrected chi connectivity index (χ0v) is 10.3. The topological polar surface area (TPSA) is 30.7 Å². The van der Waals surface area contributed by atoms with Crippen LogP contribution in [0.15, 0.2) is 53.0 Å². The Balaban J connectivity index is 2.13. The average molecular weight is 251 g/mol. The summed E-state index contributed by atoms with van der Waals surface area (Å²) >= 11 is 1.73. The van der Waals surface area contributed by atoms with Crippen molar-refractivity contribution in [2.24, 2.45) is 0 Å². The number of thioether (sulfide) groups is 1. The molecule has 1 aliphatic rings. The maximum absolute atomic E-state index is 4.11. The zero-order chi connectivity index (χ0) is 11.9. The maximum Gasteiger partial charge on any atom is 0.161 e. The van der Waals surface area contributed by atoms with Gasteiger partial charge in [0.1, 0.15) is 6.33 Å². The highest BCUT2D eigenvalue weighted by Crippen LogP contribution is 2.36. The lowest BCUT2D eigenvalue weighted by Gasteiger charge is -2.10. The van der Waals surface area contributed by atoms with Gasteiger partial charge < -0.3 is 0 Å². The fourth-order valence-electron chi connectivity index (χ4n) is 2.25. The van der Waals surface area contributed by atoms with Crippen molar-refractivity contribution < 1.29 is 0 Å². The van der Waals surface area contributed by atoms with E-state index in [0.717, 1.165) is 11.5 Å². The van der Waals surface area contributed by atoms with Gasteiger partial charge >= 0.3 is 0 Å². The Labute approximate surface area is 108 Å². The van der Waals surface area contributed by atoms with E-state index < -0.39 is 0 Å². The van der Waals surface area contributed by atoms with E-state index in [2.05, 4.69) is 52.0 Å². The molecule has 4 heteroatoms. The van der Waals surface area contributed by atoms with E-state index in [4.69, 9.17) is 0 Å². The maximum atomic E-state index is 4.11. The van der Waals surface area contributed by atoms with Crippen molar-refractivity contribution in [1.82, 2.24) is 14.8 Å². The molecule has 0 bridgehead atoms. The lowest BCUT2D eigenvalue weighted by molar-refractivity contribution is 1.01. The van der Waals surface area contributed by atoms with Crippen LogP contribution in [-0.4, -0.2) is 14.8 Å². The summed E-state index contributed by atoms with van der Waals surface area (Å²) in [6, 6.07) is 12.7. The summed E-state index contributed by atoms with van der Waals surface area (Å²) in [4.78, 5) is 1.25. The van der Waals surface area contributed by atoms with Crippen LogP contribution in [-0.2, 0) is 0 Å². The molecule has 1 aliphatic heterocycles. The van der Waals surface area contributed by atoms with Gasteiger partial charge in [0.25, 0.3) is 0 Å². The van der Waals surface area contributed by atoms with Crippen molar-refractivity contribution in [3.05, 3.63) is 54.0 Å². The summed E-state index contributed by atoms with van der Waals surface area (Å²) in [6.07, 6.45) is 3.76. The minimum absolute atomic E-state index is 0.872. The molecular formula is C14H9N3S. The molecule has 2 aromatic carbocycles. The van der Waals surface area contributed by atoms with E-state index in [1.807, 2.05) is 10.6 Å². The van der Waals surface area contributed by atoms with Crippen molar-refractivity contribution in [2.75, 3.05) is 0 Å². The molecule has 0 unspecified atom stereocenters. The van der Waals surface area contributed by atoms with Crippen LogP contribution in [0.1, 0.15) is 5.82 Å². The predicted molar refractivity (Wildman–Crippen MR) is 73.8 cm³/mol. The molecule has 0 spiro atoms. The molecule has 18 heavy (non-hydrogen) atoms. The first-order chi connectivity index (χ1) is 8.93. The second kappa shape index (κ2) is 3.71. The minimum atomic E-state index is 0.872. The Morgan fingerprint density at radius 1 is 1.06 bits per heavy atom. The molecule has 0 amide bonds. The molecule has 0 saturated carbocycles. The molecule has 3 aromatic rings. The predicted octanol–water partition coefficient (Wildman–Crippen LogP) is 3.50. The van der Waals surface area contributed by atoms with Crippen LogP contribution in [0.5, 0.6) is 0 Å². The van der Waals surface area contributed by atoms with Gasteiger partial charge in [-0.15, -0.1) is 10.2 Å². The molecule has 86 valence electrons. The number of aromatic nitrogens is 3. The number of hydrogen-bond acceptors (Lipinski definition) is 3. The number of rotatable bonds is 0. The summed E-state index contributed by atoms with van der Waals surface area (Å²) in [5, 5.41) is 12.7. The van der Waals surface area contributed by atoms with Crippen molar-refractivity contribution in [3.63, 3.8) is 0 Å². The molecule has 2 heterocycles. The van der Waals surface area contributed by atoms with Gasteiger partial charge in [-0.05, 0) is 28.3 Å². The zero-order valence-electron chi connectivity index (χ0n) is 9.45. The molecule has 0 radical (unpaired) electrons. The Kier molecular flexibility index (Phi) is 2.04. The highest BCUT2D eigenvalue weighted by atomic mass is 32.2. The molecular weight excluding hydrogens is 242 g/mol. The Hall–Kier alpha value is -2.07. The highest BCUT2D eigenvalue weighted by molar-refractivity contribution is 8.02. The third-order valence-corrected chi connectivity index (χ3v) is 4.03. The molecule has 1 aromatic heterocycles. The second-order valence-corrected chi connectivity index (χ2v) is 5.03. The van der Waals surface area contributed by atoms with Gasteiger partial charge in [0.15, 0.2) is 5.82 Å². The number of fused-ring (bicyclic) bond motifs is 5. The van der Waals surface area contributed by atoms with Crippen LogP contribution in [0.25, 0.3) is 22.5 Å². The standard InChI is InChI=1S/C14H9N3S/c1-2-4-11-10(3-1)5-6-12-14(11)18-8-7-13-16-15-9-17(12)13/h1-9H. The van der Waals surface area contributed by atoms with E-state index in [-0.39, 0.29) is 0 Å². The Morgan fingerprint density at radius 2 is 2.00 bits per heavy atom. The molecule has 0 saturated heterocycles. The quantitative estimate of drug-likeness (QED) is 0.612. The summed E-state index contributed by atoms with van der Waals surface area (Å²) in [6.45, 7) is 0. The fraction of sp³-hybridized carbons (Fsp3) is 0. The first kappa shape index (κ1) is 9.91. The van der Waals surface area contributed by atoms with E-state index >= 15 is 0 Å². The Morgan fingerprint density at radius 3 is 3.00 bits per heavy atom. The number of benzene rings is 2. The molecule has 0 fully saturated rings. The Bertz CT molecular complexity index is 774. The molecule has 0 aliphatic carbocycles. The summed E-state index contributed by atoms with van der Waals surface area (Å²) < 4.78 is 2.03. The average Bonchev–Trinajstić information content (AvgIpc) is 2.80. The largest absolute Gasteiger partial charge is 0.281 e. The number of hydrogen-bond donors (Lipinski definition) is 0. The SMILES string of the molecule is C1=Cc2nncn2-c2ccc3ccccc3c2S1. The number of nitrogens with zero attached hydrogens (tertiary/aromatic N) is 3. The van der Waals surface area contributed by atoms with E-state index in [1.54, 1.807) is 18.1 Å². The first-order valence-corrected chi connectivity index (χ1v) is 6.57. The van der Waals surface area contributed by atoms with Gasteiger partial charge in [-0.1, -0.05) is 42.1 Å². The van der Waals surface area contributed by atoms with E-state index in [9.17, 15) is 0 Å². The van der Waals surface area contributed by atoms with Crippen LogP contribution < -0.4 is 0 Å². The third kappa shape index (κ3) is 1.32. The lowest BCUT2D eigenvalue weighted by Crippen LogP contribution is -1.96. The first-order valence-electron chi connectivity index (χ1n) is 5.69. The van der Waals surface area contributed by atoms with Crippen molar-refractivity contribution in [2.45, 2.75) is 4.90 Å². The normalized spacial score (nSPS) is 13.1. The van der Waals surface area contributed by atoms with Crippen molar-refractivity contribution in [3.8, 4) is 5.69 Å². The third-order valence-electron chi connectivity index (χ3n) is 3.10. The highest BCUT2D eigenvalue weighted by Gasteiger charge is 2.14. The monoisotopic (exact) mass is 251 g/mol. The second-order valence-electron chi connectivity index (χ2n) is 4.11. The smallest absolute Gasteiger partial charge is 0.161 e. The summed E-state index contributed by atoms with van der Waals surface area (Å²) in [5.74, 6) is 0.872. The fourth-order valence-corrected chi connectivity index (χ4v) is 3.18. The van der Waals surface area contributed by atoms with Gasteiger partial charge in [0.05, 0.1) is 5.69 Å². The molecule has 0 atom stereocenters. The van der Waals surface area contributed by atoms with Gasteiger partial charge in [0, 0.05) is 4.90 Å². The van der Waals surface area contributed by atoms with Crippen LogP contribution >= 0.6 is 11.8 Å². The van der Waals surface area contributed by atoms with Gasteiger partial charge in [-0.3, -0.25) is 4.57 Å². The molecule has 3 nitrogen and oxygen atoms in total. The van der Waals surface area contributed by atoms with E-state index in [1.165, 1.54) is 15.7 Å². The van der Waals surface area contributed by atoms with Gasteiger partial charge in [0.2, 0.25) is 0 Å². The lowest BCUT2D eigenvalue weighted by atomic mass is 10.1. The van der Waals surface area contributed by atoms with Gasteiger partial charge in [-0.25, -0.2) is 0 Å². The van der Waals surface area contributed by atoms with Crippen molar-refractivity contribution in [1.29, 1.82) is 0 Å². The van der Waals surface area contributed by atoms with Crippen LogP contribution in [0.3, 0.4) is 0 Å². The molecule has 4 rings (SSSR count). The van der Waals surface area contributed by atoms with Crippen molar-refractivity contribution >= 4 is 28.6 Å². The summed E-state index contributed by atoms with van der Waals surface area (Å²) in [5.41, 5.74) is 1.14. The summed E-state index contributed by atoms with van der Waals surface area (Å²) in [7, 11) is 0. The van der Waals surface area contributed by atoms with Gasteiger partial charge in [-0.2, -0.15) is 0 Å². The minimum Gasteiger partial charge on any atom is -0.281 e. The van der Waals surface area contributed by atoms with Crippen LogP contribution in [0.4, 0.5) is 0 Å². The van der Waals surface area contributed by atoms with Crippen LogP contribution in [0.2, 0.25) is 0 Å².